The molecule has 76 heavy (non-hydrogen) atoms. The summed E-state index contributed by atoms with van der Waals surface area (Å²) < 4.78 is 0. The van der Waals surface area contributed by atoms with E-state index in [1.807, 2.05) is 57.2 Å². The summed E-state index contributed by atoms with van der Waals surface area (Å²) in [7, 11) is 3.31. The molecule has 0 aromatic heterocycles. The van der Waals surface area contributed by atoms with Gasteiger partial charge in [0.15, 0.2) is 0 Å². The maximum absolute atomic E-state index is 14.6. The Balaban J connectivity index is 0.961. The lowest BCUT2D eigenvalue weighted by Gasteiger charge is -2.36. The first-order valence-corrected chi connectivity index (χ1v) is 27.1. The molecule has 0 bridgehead atoms. The third-order valence-electron chi connectivity index (χ3n) is 15.4. The molecule has 18 heteroatoms. The molecule has 3 aromatic carbocycles. The Kier molecular flexibility index (Phi) is 19.2. The van der Waals surface area contributed by atoms with Gasteiger partial charge in [-0.05, 0) is 138 Å². The molecule has 9 atom stereocenters. The van der Waals surface area contributed by atoms with Crippen molar-refractivity contribution in [1.82, 2.24) is 52.3 Å². The Morgan fingerprint density at radius 3 is 1.84 bits per heavy atom. The molecule has 18 nitrogen and oxygen atoms in total. The van der Waals surface area contributed by atoms with Gasteiger partial charge in [0, 0.05) is 36.8 Å². The number of amides is 8. The van der Waals surface area contributed by atoms with Crippen LogP contribution in [0.15, 0.2) is 84.9 Å². The van der Waals surface area contributed by atoms with Gasteiger partial charge in [0.2, 0.25) is 35.4 Å². The van der Waals surface area contributed by atoms with Crippen molar-refractivity contribution in [3.05, 3.63) is 118 Å². The first-order chi connectivity index (χ1) is 36.4. The standard InChI is InChI=1S/C58H78N10O8/c1-35(59-6)50(69)65-46(56(75)67-31-17-29-47(67)54(73)63-44-27-15-20-37-18-8-10-24-42(37)44)26-12-13-30-61-52(71)39-22-14-23-40(32-39)53(72)62-41-33-48(55(74)64-45-28-16-21-38-19-9-11-25-43(38)45)68(34-41)57(76)49(58(3,4)5)66-51(70)36(2)60-7/h8-11,14,17-19,22-25,29,32,35-36,41,44-49,59-60H,12-13,15-16,20-21,26-28,30-31,33-34H2,1-7H3,(H,61,71)(H,62,72)(H,63,73)(H,64,74)(H,65,69)(H,66,70)/t35-,36-,41-,44+,45+,46-,47-,48-,49+/m0/s1. The van der Waals surface area contributed by atoms with Gasteiger partial charge in [-0.2, -0.15) is 0 Å². The number of hydrogen-bond acceptors (Lipinski definition) is 10. The Hall–Kier alpha value is -6.92. The fourth-order valence-corrected chi connectivity index (χ4v) is 10.7. The highest BCUT2D eigenvalue weighted by Gasteiger charge is 2.46. The first kappa shape index (κ1) is 56.8. The lowest BCUT2D eigenvalue weighted by molar-refractivity contribution is -0.144. The van der Waals surface area contributed by atoms with Gasteiger partial charge in [-0.25, -0.2) is 0 Å². The number of carbonyl (C=O) groups excluding carboxylic acids is 8. The highest BCUT2D eigenvalue weighted by Crippen LogP contribution is 2.33. The molecule has 0 spiro atoms. The highest BCUT2D eigenvalue weighted by atomic mass is 16.2. The summed E-state index contributed by atoms with van der Waals surface area (Å²) in [6.45, 7) is 9.41. The summed E-state index contributed by atoms with van der Waals surface area (Å²) in [6.07, 6.45) is 10.1. The summed E-state index contributed by atoms with van der Waals surface area (Å²) in [4.78, 5) is 114. The Morgan fingerprint density at radius 1 is 0.658 bits per heavy atom. The topological polar surface area (TPSA) is 239 Å². The van der Waals surface area contributed by atoms with Crippen LogP contribution in [0, 0.1) is 5.41 Å². The second-order valence-corrected chi connectivity index (χ2v) is 21.8. The number of nitrogens with zero attached hydrogens (tertiary/aromatic N) is 2. The molecule has 2 aliphatic heterocycles. The first-order valence-electron chi connectivity index (χ1n) is 27.1. The molecule has 1 fully saturated rings. The average molecular weight is 1040 g/mol. The molecule has 1 saturated heterocycles. The summed E-state index contributed by atoms with van der Waals surface area (Å²) in [5.41, 5.74) is 4.23. The van der Waals surface area contributed by atoms with Crippen LogP contribution in [0.3, 0.4) is 0 Å². The van der Waals surface area contributed by atoms with E-state index < -0.39 is 65.4 Å². The largest absolute Gasteiger partial charge is 0.352 e. The van der Waals surface area contributed by atoms with Crippen LogP contribution in [0.25, 0.3) is 0 Å². The van der Waals surface area contributed by atoms with Crippen molar-refractivity contribution in [3.8, 4) is 0 Å². The molecule has 408 valence electrons. The number of unbranched alkanes of at least 4 members (excludes halogenated alkanes) is 1. The summed E-state index contributed by atoms with van der Waals surface area (Å²) in [5, 5.41) is 23.9. The van der Waals surface area contributed by atoms with Crippen LogP contribution in [-0.2, 0) is 41.6 Å². The molecular formula is C58H78N10O8. The zero-order valence-corrected chi connectivity index (χ0v) is 45.1. The lowest BCUT2D eigenvalue weighted by Crippen LogP contribution is -2.59. The van der Waals surface area contributed by atoms with Crippen LogP contribution in [0.4, 0.5) is 0 Å². The van der Waals surface area contributed by atoms with E-state index in [1.165, 1.54) is 27.0 Å². The third kappa shape index (κ3) is 13.9. The quantitative estimate of drug-likeness (QED) is 0.0604. The van der Waals surface area contributed by atoms with Crippen LogP contribution >= 0.6 is 0 Å². The van der Waals surface area contributed by atoms with Crippen molar-refractivity contribution < 1.29 is 38.4 Å². The van der Waals surface area contributed by atoms with E-state index in [9.17, 15) is 38.4 Å². The molecule has 0 radical (unpaired) electrons. The van der Waals surface area contributed by atoms with E-state index in [1.54, 1.807) is 58.3 Å². The number of rotatable bonds is 20. The third-order valence-corrected chi connectivity index (χ3v) is 15.4. The Labute approximate surface area is 447 Å². The van der Waals surface area contributed by atoms with Gasteiger partial charge < -0.3 is 52.3 Å². The highest BCUT2D eigenvalue weighted by molar-refractivity contribution is 6.00. The molecule has 2 aliphatic carbocycles. The maximum Gasteiger partial charge on any atom is 0.251 e. The second kappa shape index (κ2) is 25.7. The number of fused-ring (bicyclic) bond motifs is 2. The zero-order valence-electron chi connectivity index (χ0n) is 45.1. The number of nitrogens with one attached hydrogen (secondary N) is 8. The molecule has 4 aliphatic rings. The molecule has 0 saturated carbocycles. The van der Waals surface area contributed by atoms with Crippen molar-refractivity contribution in [2.75, 3.05) is 33.7 Å². The molecule has 0 unspecified atom stereocenters. The van der Waals surface area contributed by atoms with E-state index in [-0.39, 0.29) is 85.2 Å². The van der Waals surface area contributed by atoms with Crippen molar-refractivity contribution in [1.29, 1.82) is 0 Å². The van der Waals surface area contributed by atoms with E-state index in [0.29, 0.717) is 12.8 Å². The van der Waals surface area contributed by atoms with Crippen LogP contribution < -0.4 is 42.5 Å². The van der Waals surface area contributed by atoms with Gasteiger partial charge in [-0.3, -0.25) is 38.4 Å². The maximum atomic E-state index is 14.6. The molecule has 8 amide bonds. The van der Waals surface area contributed by atoms with E-state index in [2.05, 4.69) is 54.7 Å². The Morgan fingerprint density at radius 2 is 1.24 bits per heavy atom. The van der Waals surface area contributed by atoms with Crippen LogP contribution in [-0.4, -0.2) is 133 Å². The molecular weight excluding hydrogens is 965 g/mol. The zero-order chi connectivity index (χ0) is 54.7. The van der Waals surface area contributed by atoms with Crippen molar-refractivity contribution in [2.24, 2.45) is 5.41 Å². The van der Waals surface area contributed by atoms with Crippen LogP contribution in [0.5, 0.6) is 0 Å². The van der Waals surface area contributed by atoms with Gasteiger partial charge in [0.05, 0.1) is 24.2 Å². The number of likely N-dealkylation sites (tertiary alicyclic amines) is 1. The summed E-state index contributed by atoms with van der Waals surface area (Å²) in [6, 6.07) is 16.5. The number of likely N-dealkylation sites (N-methyl/N-ethyl adjacent to an activating group) is 2. The van der Waals surface area contributed by atoms with Crippen molar-refractivity contribution in [2.45, 2.75) is 153 Å². The molecule has 3 aromatic rings. The van der Waals surface area contributed by atoms with Crippen LogP contribution in [0.1, 0.15) is 141 Å². The van der Waals surface area contributed by atoms with E-state index >= 15 is 0 Å². The number of benzene rings is 3. The van der Waals surface area contributed by atoms with Gasteiger partial charge in [0.25, 0.3) is 11.8 Å². The van der Waals surface area contributed by atoms with Crippen molar-refractivity contribution >= 4 is 47.3 Å². The molecule has 7 rings (SSSR count). The summed E-state index contributed by atoms with van der Waals surface area (Å²) >= 11 is 0. The van der Waals surface area contributed by atoms with E-state index in [4.69, 9.17) is 0 Å². The predicted molar refractivity (Wildman–Crippen MR) is 290 cm³/mol. The van der Waals surface area contributed by atoms with Gasteiger partial charge >= 0.3 is 0 Å². The molecule has 2 heterocycles. The van der Waals surface area contributed by atoms with Gasteiger partial charge in [-0.15, -0.1) is 0 Å². The summed E-state index contributed by atoms with van der Waals surface area (Å²) in [5.74, 6) is -3.05. The van der Waals surface area contributed by atoms with Gasteiger partial charge in [0.1, 0.15) is 24.2 Å². The van der Waals surface area contributed by atoms with E-state index in [0.717, 1.165) is 49.7 Å². The van der Waals surface area contributed by atoms with Crippen LogP contribution in [0.2, 0.25) is 0 Å². The minimum absolute atomic E-state index is 0.0134. The lowest BCUT2D eigenvalue weighted by atomic mass is 9.85. The minimum Gasteiger partial charge on any atom is -0.352 e. The monoisotopic (exact) mass is 1040 g/mol. The number of carbonyl (C=O) groups is 8. The smallest absolute Gasteiger partial charge is 0.251 e. The average Bonchev–Trinajstić information content (AvgIpc) is 4.09. The second-order valence-electron chi connectivity index (χ2n) is 21.8. The SMILES string of the molecule is CN[C@@H](C)C(=O)N[C@@H](CCCCNC(=O)c1cccc(C(=O)N[C@H]2C[C@@H](C(=O)N[C@@H]3CCCc4ccccc43)N(C(=O)[C@@H](NC(=O)[C@H](C)NC)C(C)(C)C)C2)c1)C(=O)N1CC=C[C@H]1C(=O)N[C@@H]1CCCc2ccccc21. The Bertz CT molecular complexity index is 2650. The number of hydrogen-bond donors (Lipinski definition) is 8. The number of aryl methyl sites for hydroxylation is 2. The fourth-order valence-electron chi connectivity index (χ4n) is 10.7. The van der Waals surface area contributed by atoms with Crippen molar-refractivity contribution in [3.63, 3.8) is 0 Å². The minimum atomic E-state index is -0.978. The normalized spacial score (nSPS) is 21.4. The fraction of sp³-hybridized carbons (Fsp3) is 0.517. The predicted octanol–water partition coefficient (Wildman–Crippen LogP) is 3.67. The van der Waals surface area contributed by atoms with Gasteiger partial charge in [-0.1, -0.05) is 87.5 Å². The molecule has 8 N–H and O–H groups in total.